The van der Waals surface area contributed by atoms with Gasteiger partial charge in [-0.2, -0.15) is 0 Å². The topological polar surface area (TPSA) is 34.1 Å². The first-order valence-corrected chi connectivity index (χ1v) is 5.54. The van der Waals surface area contributed by atoms with Crippen molar-refractivity contribution in [3.63, 3.8) is 0 Å². The van der Waals surface area contributed by atoms with Gasteiger partial charge in [-0.3, -0.25) is 9.59 Å². The van der Waals surface area contributed by atoms with Crippen LogP contribution < -0.4 is 0 Å². The van der Waals surface area contributed by atoms with Crippen LogP contribution in [0.5, 0.6) is 0 Å². The molecule has 0 N–H and O–H groups in total. The summed E-state index contributed by atoms with van der Waals surface area (Å²) in [5.74, 6) is -1.09. The van der Waals surface area contributed by atoms with E-state index < -0.39 is 5.92 Å². The Morgan fingerprint density at radius 3 is 2.69 bits per heavy atom. The molecular weight excluding hydrogens is 207 g/mol. The van der Waals surface area contributed by atoms with Gasteiger partial charge in [-0.05, 0) is 30.9 Å². The Labute approximate surface area is 92.5 Å². The molecule has 82 valence electrons. The third-order valence-corrected chi connectivity index (χ3v) is 3.43. The van der Waals surface area contributed by atoms with Gasteiger partial charge in [0.15, 0.2) is 5.78 Å². The Kier molecular flexibility index (Phi) is 1.96. The van der Waals surface area contributed by atoms with Gasteiger partial charge in [0.2, 0.25) is 0 Å². The molecule has 1 aromatic carbocycles. The molecule has 0 saturated heterocycles. The number of benzene rings is 1. The van der Waals surface area contributed by atoms with Gasteiger partial charge in [0, 0.05) is 11.5 Å². The fourth-order valence-corrected chi connectivity index (χ4v) is 2.36. The molecule has 0 heterocycles. The minimum atomic E-state index is -0.612. The lowest BCUT2D eigenvalue weighted by atomic mass is 9.96. The molecule has 1 unspecified atom stereocenters. The van der Waals surface area contributed by atoms with Crippen molar-refractivity contribution in [3.05, 3.63) is 35.1 Å². The van der Waals surface area contributed by atoms with E-state index in [1.807, 2.05) is 0 Å². The van der Waals surface area contributed by atoms with E-state index in [0.717, 1.165) is 12.8 Å². The van der Waals surface area contributed by atoms with E-state index in [1.54, 1.807) is 6.07 Å². The van der Waals surface area contributed by atoms with Gasteiger partial charge < -0.3 is 0 Å². The van der Waals surface area contributed by atoms with E-state index in [0.29, 0.717) is 11.1 Å². The second-order valence-electron chi connectivity index (χ2n) is 4.56. The van der Waals surface area contributed by atoms with E-state index in [4.69, 9.17) is 0 Å². The molecule has 0 amide bonds. The van der Waals surface area contributed by atoms with E-state index >= 15 is 0 Å². The van der Waals surface area contributed by atoms with Gasteiger partial charge in [0.25, 0.3) is 0 Å². The number of halogens is 1. The first-order chi connectivity index (χ1) is 7.68. The monoisotopic (exact) mass is 218 g/mol. The zero-order valence-electron chi connectivity index (χ0n) is 8.70. The molecule has 1 aromatic rings. The summed E-state index contributed by atoms with van der Waals surface area (Å²) >= 11 is 0. The smallest absolute Gasteiger partial charge is 0.174 e. The van der Waals surface area contributed by atoms with Crippen molar-refractivity contribution in [2.45, 2.75) is 19.3 Å². The van der Waals surface area contributed by atoms with Crippen LogP contribution in [0.2, 0.25) is 0 Å². The molecule has 1 fully saturated rings. The second-order valence-corrected chi connectivity index (χ2v) is 4.56. The van der Waals surface area contributed by atoms with Crippen LogP contribution in [0.1, 0.15) is 28.8 Å². The molecule has 1 saturated carbocycles. The van der Waals surface area contributed by atoms with Crippen molar-refractivity contribution in [1.82, 2.24) is 0 Å². The van der Waals surface area contributed by atoms with Gasteiger partial charge in [0.05, 0.1) is 5.92 Å². The summed E-state index contributed by atoms with van der Waals surface area (Å²) < 4.78 is 13.5. The largest absolute Gasteiger partial charge is 0.299 e. The molecule has 3 heteroatoms. The summed E-state index contributed by atoms with van der Waals surface area (Å²) in [6, 6.07) is 4.48. The summed E-state index contributed by atoms with van der Waals surface area (Å²) in [6.45, 7) is 0. The first-order valence-electron chi connectivity index (χ1n) is 5.54. The summed E-state index contributed by atoms with van der Waals surface area (Å²) in [5, 5.41) is 0. The number of carbonyl (C=O) groups is 2. The summed E-state index contributed by atoms with van der Waals surface area (Å²) in [7, 11) is 0. The summed E-state index contributed by atoms with van der Waals surface area (Å²) in [6.07, 6.45) is 2.04. The van der Waals surface area contributed by atoms with Gasteiger partial charge >= 0.3 is 0 Å². The van der Waals surface area contributed by atoms with Crippen molar-refractivity contribution >= 4 is 11.6 Å². The van der Waals surface area contributed by atoms with Crippen LogP contribution in [0.15, 0.2) is 18.2 Å². The molecule has 3 rings (SSSR count). The minimum Gasteiger partial charge on any atom is -0.299 e. The van der Waals surface area contributed by atoms with Crippen LogP contribution in [0, 0.1) is 17.7 Å². The number of hydrogen-bond acceptors (Lipinski definition) is 2. The first kappa shape index (κ1) is 9.70. The van der Waals surface area contributed by atoms with Gasteiger partial charge in [-0.15, -0.1) is 0 Å². The SMILES string of the molecule is O=C1c2cccc(F)c2CC1C(=O)C1CC1. The molecule has 2 aliphatic rings. The fourth-order valence-electron chi connectivity index (χ4n) is 2.36. The minimum absolute atomic E-state index is 0.0144. The van der Waals surface area contributed by atoms with Crippen molar-refractivity contribution in [2.24, 2.45) is 11.8 Å². The number of hydrogen-bond donors (Lipinski definition) is 0. The number of carbonyl (C=O) groups excluding carboxylic acids is 2. The highest BCUT2D eigenvalue weighted by Gasteiger charge is 2.43. The Bertz CT molecular complexity index is 489. The maximum absolute atomic E-state index is 13.5. The lowest BCUT2D eigenvalue weighted by Crippen LogP contribution is -2.22. The number of fused-ring (bicyclic) bond motifs is 1. The zero-order valence-corrected chi connectivity index (χ0v) is 8.70. The predicted octanol–water partition coefficient (Wildman–Crippen LogP) is 2.16. The van der Waals surface area contributed by atoms with Crippen molar-refractivity contribution < 1.29 is 14.0 Å². The fraction of sp³-hybridized carbons (Fsp3) is 0.385. The van der Waals surface area contributed by atoms with Crippen LogP contribution in [0.4, 0.5) is 4.39 Å². The Morgan fingerprint density at radius 1 is 1.31 bits per heavy atom. The maximum atomic E-state index is 13.5. The highest BCUT2D eigenvalue weighted by Crippen LogP contribution is 2.37. The molecule has 0 aromatic heterocycles. The quantitative estimate of drug-likeness (QED) is 0.713. The van der Waals surface area contributed by atoms with E-state index in [9.17, 15) is 14.0 Å². The molecule has 2 aliphatic carbocycles. The standard InChI is InChI=1S/C13H11FO2/c14-11-3-1-2-8-9(11)6-10(13(8)16)12(15)7-4-5-7/h1-3,7,10H,4-6H2. The average Bonchev–Trinajstić information content (AvgIpc) is 3.05. The van der Waals surface area contributed by atoms with Crippen molar-refractivity contribution in [1.29, 1.82) is 0 Å². The predicted molar refractivity (Wildman–Crippen MR) is 55.7 cm³/mol. The lowest BCUT2D eigenvalue weighted by Gasteiger charge is -2.04. The third kappa shape index (κ3) is 1.31. The van der Waals surface area contributed by atoms with E-state index in [2.05, 4.69) is 0 Å². The molecule has 16 heavy (non-hydrogen) atoms. The van der Waals surface area contributed by atoms with Crippen molar-refractivity contribution in [3.8, 4) is 0 Å². The lowest BCUT2D eigenvalue weighted by molar-refractivity contribution is -0.122. The third-order valence-electron chi connectivity index (χ3n) is 3.43. The van der Waals surface area contributed by atoms with Gasteiger partial charge in [-0.25, -0.2) is 4.39 Å². The number of rotatable bonds is 2. The highest BCUT2D eigenvalue weighted by atomic mass is 19.1. The average molecular weight is 218 g/mol. The summed E-state index contributed by atoms with van der Waals surface area (Å²) in [5.41, 5.74) is 0.825. The van der Waals surface area contributed by atoms with E-state index in [1.165, 1.54) is 12.1 Å². The van der Waals surface area contributed by atoms with Crippen LogP contribution in [-0.4, -0.2) is 11.6 Å². The molecular formula is C13H11FO2. The van der Waals surface area contributed by atoms with Crippen molar-refractivity contribution in [2.75, 3.05) is 0 Å². The van der Waals surface area contributed by atoms with Crippen LogP contribution in [0.3, 0.4) is 0 Å². The Hall–Kier alpha value is -1.51. The van der Waals surface area contributed by atoms with Crippen LogP contribution in [-0.2, 0) is 11.2 Å². The van der Waals surface area contributed by atoms with Crippen LogP contribution in [0.25, 0.3) is 0 Å². The zero-order chi connectivity index (χ0) is 11.3. The molecule has 0 aliphatic heterocycles. The molecule has 2 nitrogen and oxygen atoms in total. The van der Waals surface area contributed by atoms with Gasteiger partial charge in [0.1, 0.15) is 11.6 Å². The van der Waals surface area contributed by atoms with Crippen LogP contribution >= 0.6 is 0 Å². The molecule has 0 bridgehead atoms. The molecule has 1 atom stereocenters. The maximum Gasteiger partial charge on any atom is 0.174 e. The number of Topliss-reactive ketones (excluding diaryl/α,β-unsaturated/α-hetero) is 2. The normalized spacial score (nSPS) is 23.3. The van der Waals surface area contributed by atoms with Gasteiger partial charge in [-0.1, -0.05) is 12.1 Å². The highest BCUT2D eigenvalue weighted by molar-refractivity contribution is 6.14. The molecule has 0 radical (unpaired) electrons. The Balaban J connectivity index is 1.96. The Morgan fingerprint density at radius 2 is 2.06 bits per heavy atom. The number of ketones is 2. The van der Waals surface area contributed by atoms with E-state index in [-0.39, 0.29) is 29.7 Å². The second kappa shape index (κ2) is 3.24. The summed E-state index contributed by atoms with van der Waals surface area (Å²) in [4.78, 5) is 23.8. The molecule has 0 spiro atoms.